The van der Waals surface area contributed by atoms with E-state index in [0.717, 1.165) is 11.8 Å². The quantitative estimate of drug-likeness (QED) is 0.737. The van der Waals surface area contributed by atoms with Crippen molar-refractivity contribution < 1.29 is 19.5 Å². The number of anilines is 1. The Bertz CT molecular complexity index is 828. The Morgan fingerprint density at radius 2 is 2.04 bits per heavy atom. The molecule has 2 aliphatic heterocycles. The number of carboxylic acid groups (broad SMARTS) is 1. The molecule has 9 nitrogen and oxygen atoms in total. The Labute approximate surface area is 167 Å². The minimum atomic E-state index is -0.905. The Morgan fingerprint density at radius 3 is 2.57 bits per heavy atom. The van der Waals surface area contributed by atoms with Gasteiger partial charge in [0.1, 0.15) is 0 Å². The van der Waals surface area contributed by atoms with Gasteiger partial charge in [-0.25, -0.2) is 14.8 Å². The first-order valence-corrected chi connectivity index (χ1v) is 9.82. The molecule has 0 bridgehead atoms. The maximum atomic E-state index is 11.7. The molecular weight excluding hydrogens is 382 g/mol. The average Bonchev–Trinajstić information content (AvgIpc) is 2.91. The van der Waals surface area contributed by atoms with Crippen molar-refractivity contribution in [2.45, 2.75) is 45.2 Å². The maximum absolute atomic E-state index is 11.7. The van der Waals surface area contributed by atoms with E-state index in [9.17, 15) is 19.5 Å². The number of piperidine rings is 1. The molecule has 0 saturated carbocycles. The van der Waals surface area contributed by atoms with Crippen LogP contribution in [0, 0.1) is 0 Å². The molecule has 1 aromatic rings. The molecule has 2 saturated heterocycles. The largest absolute Gasteiger partial charge is 0.465 e. The zero-order chi connectivity index (χ0) is 20.5. The molecule has 2 fully saturated rings. The standard InChI is InChI=1S/C18H23N5O4S/c1-18(2,3)23(17(26)27)12-5-8-22(9-6-12)15-19-7-4-11(20-15)10-13-14(24)21-16(25)28-13/h4,7,10,12H,5-6,8-9H2,1-3H3,(H,26,27)(H,21,24,25)/b13-10+. The number of amides is 3. The van der Waals surface area contributed by atoms with Crippen LogP contribution in [-0.2, 0) is 4.79 Å². The number of nitrogens with one attached hydrogen (secondary N) is 1. The lowest BCUT2D eigenvalue weighted by molar-refractivity contribution is -0.115. The summed E-state index contributed by atoms with van der Waals surface area (Å²) < 4.78 is 0. The van der Waals surface area contributed by atoms with E-state index in [1.165, 1.54) is 4.90 Å². The molecule has 0 aliphatic carbocycles. The minimum absolute atomic E-state index is 0.0522. The fourth-order valence-electron chi connectivity index (χ4n) is 3.46. The van der Waals surface area contributed by atoms with E-state index in [1.807, 2.05) is 25.7 Å². The van der Waals surface area contributed by atoms with E-state index in [4.69, 9.17) is 0 Å². The number of hydrogen-bond acceptors (Lipinski definition) is 7. The molecule has 2 N–H and O–H groups in total. The second-order valence-electron chi connectivity index (χ2n) is 7.68. The van der Waals surface area contributed by atoms with Crippen molar-refractivity contribution in [2.75, 3.05) is 18.0 Å². The first-order valence-electron chi connectivity index (χ1n) is 9.00. The van der Waals surface area contributed by atoms with Crippen LogP contribution in [0.4, 0.5) is 15.5 Å². The van der Waals surface area contributed by atoms with Gasteiger partial charge < -0.3 is 14.9 Å². The summed E-state index contributed by atoms with van der Waals surface area (Å²) in [5.74, 6) is 0.104. The number of imide groups is 1. The van der Waals surface area contributed by atoms with Crippen molar-refractivity contribution in [1.82, 2.24) is 20.2 Å². The lowest BCUT2D eigenvalue weighted by Crippen LogP contribution is -2.54. The van der Waals surface area contributed by atoms with Crippen LogP contribution in [0.15, 0.2) is 17.2 Å². The first kappa shape index (κ1) is 20.1. The van der Waals surface area contributed by atoms with E-state index in [1.54, 1.807) is 18.3 Å². The molecule has 0 unspecified atom stereocenters. The second kappa shape index (κ2) is 7.78. The molecule has 28 heavy (non-hydrogen) atoms. The highest BCUT2D eigenvalue weighted by Gasteiger charge is 2.35. The molecule has 3 heterocycles. The van der Waals surface area contributed by atoms with Crippen LogP contribution in [0.2, 0.25) is 0 Å². The molecule has 10 heteroatoms. The lowest BCUT2D eigenvalue weighted by Gasteiger charge is -2.43. The predicted molar refractivity (Wildman–Crippen MR) is 106 cm³/mol. The van der Waals surface area contributed by atoms with Gasteiger partial charge in [0.25, 0.3) is 11.1 Å². The van der Waals surface area contributed by atoms with Gasteiger partial charge in [-0.15, -0.1) is 0 Å². The van der Waals surface area contributed by atoms with Crippen molar-refractivity contribution in [3.8, 4) is 0 Å². The van der Waals surface area contributed by atoms with Crippen molar-refractivity contribution in [2.24, 2.45) is 0 Å². The lowest BCUT2D eigenvalue weighted by atomic mass is 9.97. The van der Waals surface area contributed by atoms with Gasteiger partial charge in [0.2, 0.25) is 5.95 Å². The summed E-state index contributed by atoms with van der Waals surface area (Å²) in [6.07, 6.45) is 3.64. The number of carbonyl (C=O) groups excluding carboxylic acids is 2. The predicted octanol–water partition coefficient (Wildman–Crippen LogP) is 2.55. The van der Waals surface area contributed by atoms with Crippen molar-refractivity contribution in [3.63, 3.8) is 0 Å². The maximum Gasteiger partial charge on any atom is 0.407 e. The number of nitrogens with zero attached hydrogens (tertiary/aromatic N) is 4. The van der Waals surface area contributed by atoms with Crippen LogP contribution >= 0.6 is 11.8 Å². The summed E-state index contributed by atoms with van der Waals surface area (Å²) in [4.78, 5) is 47.3. The van der Waals surface area contributed by atoms with Gasteiger partial charge in [-0.1, -0.05) is 0 Å². The van der Waals surface area contributed by atoms with Gasteiger partial charge >= 0.3 is 6.09 Å². The zero-order valence-electron chi connectivity index (χ0n) is 16.0. The number of rotatable bonds is 3. The van der Waals surface area contributed by atoms with Crippen molar-refractivity contribution >= 4 is 41.0 Å². The van der Waals surface area contributed by atoms with Gasteiger partial charge in [0, 0.05) is 30.9 Å². The van der Waals surface area contributed by atoms with Crippen LogP contribution in [0.1, 0.15) is 39.3 Å². The Kier molecular flexibility index (Phi) is 5.59. The Morgan fingerprint density at radius 1 is 1.36 bits per heavy atom. The zero-order valence-corrected chi connectivity index (χ0v) is 16.8. The molecule has 0 radical (unpaired) electrons. The minimum Gasteiger partial charge on any atom is -0.465 e. The second-order valence-corrected chi connectivity index (χ2v) is 8.69. The average molecular weight is 405 g/mol. The fourth-order valence-corrected chi connectivity index (χ4v) is 4.13. The van der Waals surface area contributed by atoms with Crippen LogP contribution in [0.5, 0.6) is 0 Å². The fraction of sp³-hybridized carbons (Fsp3) is 0.500. The Hall–Kier alpha value is -2.62. The van der Waals surface area contributed by atoms with E-state index in [0.29, 0.717) is 42.5 Å². The summed E-state index contributed by atoms with van der Waals surface area (Å²) >= 11 is 0.845. The topological polar surface area (TPSA) is 116 Å². The van der Waals surface area contributed by atoms with E-state index in [-0.39, 0.29) is 6.04 Å². The summed E-state index contributed by atoms with van der Waals surface area (Å²) in [6, 6.07) is 1.62. The SMILES string of the molecule is CC(C)(C)N(C(=O)O)C1CCN(c2nccc(/C=C3/SC(=O)NC3=O)n2)CC1. The van der Waals surface area contributed by atoms with Crippen LogP contribution < -0.4 is 10.2 Å². The molecule has 150 valence electrons. The van der Waals surface area contributed by atoms with Crippen LogP contribution in [-0.4, -0.2) is 61.9 Å². The molecular formula is C18H23N5O4S. The van der Waals surface area contributed by atoms with Crippen LogP contribution in [0.25, 0.3) is 6.08 Å². The highest BCUT2D eigenvalue weighted by molar-refractivity contribution is 8.18. The number of hydrogen-bond donors (Lipinski definition) is 2. The van der Waals surface area contributed by atoms with Gasteiger partial charge in [-0.2, -0.15) is 0 Å². The number of thioether (sulfide) groups is 1. The van der Waals surface area contributed by atoms with Crippen LogP contribution in [0.3, 0.4) is 0 Å². The third-order valence-electron chi connectivity index (χ3n) is 4.63. The molecule has 0 spiro atoms. The normalized spacial score (nSPS) is 19.8. The van der Waals surface area contributed by atoms with Gasteiger partial charge in [-0.3, -0.25) is 14.9 Å². The monoisotopic (exact) mass is 405 g/mol. The third kappa shape index (κ3) is 4.44. The summed E-state index contributed by atoms with van der Waals surface area (Å²) in [5.41, 5.74) is 0.0828. The number of carbonyl (C=O) groups is 3. The smallest absolute Gasteiger partial charge is 0.407 e. The molecule has 2 aliphatic rings. The first-order chi connectivity index (χ1) is 13.1. The van der Waals surface area contributed by atoms with E-state index in [2.05, 4.69) is 15.3 Å². The summed E-state index contributed by atoms with van der Waals surface area (Å²) in [5, 5.41) is 11.4. The van der Waals surface area contributed by atoms with Gasteiger partial charge in [0.15, 0.2) is 0 Å². The highest BCUT2D eigenvalue weighted by Crippen LogP contribution is 2.27. The molecule has 0 aromatic carbocycles. The summed E-state index contributed by atoms with van der Waals surface area (Å²) in [7, 11) is 0. The molecule has 0 atom stereocenters. The third-order valence-corrected chi connectivity index (χ3v) is 5.44. The van der Waals surface area contributed by atoms with Gasteiger partial charge in [-0.05, 0) is 57.5 Å². The molecule has 3 amide bonds. The van der Waals surface area contributed by atoms with Crippen molar-refractivity contribution in [3.05, 3.63) is 22.9 Å². The van der Waals surface area contributed by atoms with Gasteiger partial charge in [0.05, 0.1) is 10.6 Å². The summed E-state index contributed by atoms with van der Waals surface area (Å²) in [6.45, 7) is 6.97. The highest BCUT2D eigenvalue weighted by atomic mass is 32.2. The van der Waals surface area contributed by atoms with E-state index < -0.39 is 22.8 Å². The molecule has 1 aromatic heterocycles. The molecule has 3 rings (SSSR count). The van der Waals surface area contributed by atoms with E-state index >= 15 is 0 Å². The van der Waals surface area contributed by atoms with Crippen molar-refractivity contribution in [1.29, 1.82) is 0 Å². The Balaban J connectivity index is 1.70. The number of aromatic nitrogens is 2.